The van der Waals surface area contributed by atoms with E-state index in [1.807, 2.05) is 6.92 Å². The van der Waals surface area contributed by atoms with Gasteiger partial charge in [0.05, 0.1) is 6.10 Å². The molecule has 20 heavy (non-hydrogen) atoms. The van der Waals surface area contributed by atoms with Crippen molar-refractivity contribution in [1.82, 2.24) is 9.80 Å². The van der Waals surface area contributed by atoms with Gasteiger partial charge in [-0.05, 0) is 43.0 Å². The second kappa shape index (κ2) is 5.80. The average molecular weight is 278 g/mol. The summed E-state index contributed by atoms with van der Waals surface area (Å²) in [5.41, 5.74) is 1.67. The molecule has 1 saturated heterocycles. The number of hydrogen-bond acceptors (Lipinski definition) is 3. The molecule has 0 radical (unpaired) electrons. The van der Waals surface area contributed by atoms with E-state index in [4.69, 9.17) is 0 Å². The molecule has 0 amide bonds. The predicted octanol–water partition coefficient (Wildman–Crippen LogP) is 1.95. The van der Waals surface area contributed by atoms with Crippen LogP contribution in [0.1, 0.15) is 30.1 Å². The SMILES string of the molecule is Cc1cc(F)ccc1C(O)CN1CCN(C2CC2)CC1. The molecule has 1 saturated carbocycles. The molecule has 4 heteroatoms. The van der Waals surface area contributed by atoms with Gasteiger partial charge >= 0.3 is 0 Å². The quantitative estimate of drug-likeness (QED) is 0.912. The zero-order chi connectivity index (χ0) is 14.1. The summed E-state index contributed by atoms with van der Waals surface area (Å²) in [6.45, 7) is 6.76. The minimum atomic E-state index is -0.525. The van der Waals surface area contributed by atoms with Gasteiger partial charge in [-0.2, -0.15) is 0 Å². The predicted molar refractivity (Wildman–Crippen MR) is 77.1 cm³/mol. The van der Waals surface area contributed by atoms with Crippen molar-refractivity contribution in [1.29, 1.82) is 0 Å². The molecule has 3 rings (SSSR count). The van der Waals surface area contributed by atoms with E-state index in [0.717, 1.165) is 43.3 Å². The molecule has 1 aliphatic heterocycles. The summed E-state index contributed by atoms with van der Waals surface area (Å²) in [4.78, 5) is 4.87. The number of β-amino-alcohol motifs (C(OH)–C–C–N with tert-alkyl or cyclic N) is 1. The van der Waals surface area contributed by atoms with Crippen LogP contribution in [0.4, 0.5) is 4.39 Å². The van der Waals surface area contributed by atoms with Crippen molar-refractivity contribution in [2.75, 3.05) is 32.7 Å². The Morgan fingerprint density at radius 1 is 1.25 bits per heavy atom. The van der Waals surface area contributed by atoms with Gasteiger partial charge in [0, 0.05) is 38.8 Å². The van der Waals surface area contributed by atoms with Crippen LogP contribution in [0.15, 0.2) is 18.2 Å². The van der Waals surface area contributed by atoms with Crippen LogP contribution in [0, 0.1) is 12.7 Å². The molecule has 0 bridgehead atoms. The van der Waals surface area contributed by atoms with Crippen LogP contribution in [-0.4, -0.2) is 53.7 Å². The fraction of sp³-hybridized carbons (Fsp3) is 0.625. The highest BCUT2D eigenvalue weighted by molar-refractivity contribution is 5.28. The molecule has 1 aromatic rings. The van der Waals surface area contributed by atoms with Crippen LogP contribution in [0.3, 0.4) is 0 Å². The van der Waals surface area contributed by atoms with E-state index in [1.165, 1.54) is 25.0 Å². The lowest BCUT2D eigenvalue weighted by Crippen LogP contribution is -2.48. The van der Waals surface area contributed by atoms with Crippen LogP contribution in [0.2, 0.25) is 0 Å². The van der Waals surface area contributed by atoms with E-state index < -0.39 is 6.10 Å². The van der Waals surface area contributed by atoms with E-state index in [9.17, 15) is 9.50 Å². The number of aliphatic hydroxyl groups excluding tert-OH is 1. The third-order valence-electron chi connectivity index (χ3n) is 4.49. The number of rotatable bonds is 4. The van der Waals surface area contributed by atoms with Crippen LogP contribution < -0.4 is 0 Å². The fourth-order valence-electron chi connectivity index (χ4n) is 3.11. The van der Waals surface area contributed by atoms with Gasteiger partial charge in [-0.15, -0.1) is 0 Å². The van der Waals surface area contributed by atoms with Gasteiger partial charge < -0.3 is 5.11 Å². The lowest BCUT2D eigenvalue weighted by Gasteiger charge is -2.35. The van der Waals surface area contributed by atoms with Gasteiger partial charge in [0.1, 0.15) is 5.82 Å². The Labute approximate surface area is 120 Å². The van der Waals surface area contributed by atoms with Crippen LogP contribution >= 0.6 is 0 Å². The number of benzene rings is 1. The topological polar surface area (TPSA) is 26.7 Å². The summed E-state index contributed by atoms with van der Waals surface area (Å²) in [6.07, 6.45) is 2.19. The maximum atomic E-state index is 13.1. The van der Waals surface area contributed by atoms with Gasteiger partial charge in [0.25, 0.3) is 0 Å². The van der Waals surface area contributed by atoms with Gasteiger partial charge in [-0.1, -0.05) is 6.07 Å². The molecule has 1 aromatic carbocycles. The van der Waals surface area contributed by atoms with E-state index in [2.05, 4.69) is 9.80 Å². The van der Waals surface area contributed by atoms with Crippen LogP contribution in [-0.2, 0) is 0 Å². The average Bonchev–Trinajstić information content (AvgIpc) is 3.23. The van der Waals surface area contributed by atoms with Crippen molar-refractivity contribution in [3.05, 3.63) is 35.1 Å². The third kappa shape index (κ3) is 3.19. The molecule has 0 aromatic heterocycles. The van der Waals surface area contributed by atoms with Gasteiger partial charge in [0.2, 0.25) is 0 Å². The maximum absolute atomic E-state index is 13.1. The Hall–Kier alpha value is -0.970. The summed E-state index contributed by atoms with van der Waals surface area (Å²) >= 11 is 0. The molecule has 1 N–H and O–H groups in total. The first-order valence-electron chi connectivity index (χ1n) is 7.54. The minimum absolute atomic E-state index is 0.239. The molecule has 110 valence electrons. The second-order valence-corrected chi connectivity index (χ2v) is 6.08. The van der Waals surface area contributed by atoms with Gasteiger partial charge in [0.15, 0.2) is 0 Å². The minimum Gasteiger partial charge on any atom is -0.387 e. The molecule has 1 heterocycles. The number of aryl methyl sites for hydroxylation is 1. The van der Waals surface area contributed by atoms with Crippen molar-refractivity contribution in [2.45, 2.75) is 31.9 Å². The molecule has 2 fully saturated rings. The molecular formula is C16H23FN2O. The third-order valence-corrected chi connectivity index (χ3v) is 4.49. The first-order valence-corrected chi connectivity index (χ1v) is 7.54. The lowest BCUT2D eigenvalue weighted by molar-refractivity contribution is 0.0697. The molecule has 1 unspecified atom stereocenters. The zero-order valence-corrected chi connectivity index (χ0v) is 12.1. The van der Waals surface area contributed by atoms with Crippen LogP contribution in [0.25, 0.3) is 0 Å². The van der Waals surface area contributed by atoms with E-state index in [0.29, 0.717) is 6.54 Å². The van der Waals surface area contributed by atoms with E-state index in [-0.39, 0.29) is 5.82 Å². The molecule has 0 spiro atoms. The lowest BCUT2D eigenvalue weighted by atomic mass is 10.0. The molecule has 1 aliphatic carbocycles. The smallest absolute Gasteiger partial charge is 0.123 e. The Morgan fingerprint density at radius 3 is 2.55 bits per heavy atom. The zero-order valence-electron chi connectivity index (χ0n) is 12.1. The highest BCUT2D eigenvalue weighted by Gasteiger charge is 2.31. The first kappa shape index (κ1) is 14.0. The first-order chi connectivity index (χ1) is 9.63. The van der Waals surface area contributed by atoms with E-state index >= 15 is 0 Å². The summed E-state index contributed by atoms with van der Waals surface area (Å²) < 4.78 is 13.1. The largest absolute Gasteiger partial charge is 0.387 e. The fourth-order valence-corrected chi connectivity index (χ4v) is 3.11. The number of hydrogen-bond donors (Lipinski definition) is 1. The number of halogens is 1. The Balaban J connectivity index is 1.54. The Kier molecular flexibility index (Phi) is 4.06. The molecule has 1 atom stereocenters. The summed E-state index contributed by atoms with van der Waals surface area (Å²) in [5, 5.41) is 10.4. The Bertz CT molecular complexity index is 468. The van der Waals surface area contributed by atoms with Crippen molar-refractivity contribution < 1.29 is 9.50 Å². The van der Waals surface area contributed by atoms with Crippen LogP contribution in [0.5, 0.6) is 0 Å². The molecule has 2 aliphatic rings. The number of piperazine rings is 1. The maximum Gasteiger partial charge on any atom is 0.123 e. The standard InChI is InChI=1S/C16H23FN2O/c1-12-10-13(17)2-5-15(12)16(20)11-18-6-8-19(9-7-18)14-3-4-14/h2,5,10,14,16,20H,3-4,6-9,11H2,1H3. The van der Waals surface area contributed by atoms with Gasteiger partial charge in [-0.25, -0.2) is 4.39 Å². The summed E-state index contributed by atoms with van der Waals surface area (Å²) in [5.74, 6) is -0.239. The van der Waals surface area contributed by atoms with Crippen molar-refractivity contribution in [2.24, 2.45) is 0 Å². The summed E-state index contributed by atoms with van der Waals surface area (Å²) in [7, 11) is 0. The van der Waals surface area contributed by atoms with E-state index in [1.54, 1.807) is 6.07 Å². The van der Waals surface area contributed by atoms with Crippen molar-refractivity contribution in [3.8, 4) is 0 Å². The number of aliphatic hydroxyl groups is 1. The monoisotopic (exact) mass is 278 g/mol. The highest BCUT2D eigenvalue weighted by atomic mass is 19.1. The summed E-state index contributed by atoms with van der Waals surface area (Å²) in [6, 6.07) is 5.46. The van der Waals surface area contributed by atoms with Gasteiger partial charge in [-0.3, -0.25) is 9.80 Å². The highest BCUT2D eigenvalue weighted by Crippen LogP contribution is 2.28. The normalized spacial score (nSPS) is 22.9. The Morgan fingerprint density at radius 2 is 1.95 bits per heavy atom. The molecule has 3 nitrogen and oxygen atoms in total. The molecular weight excluding hydrogens is 255 g/mol. The number of nitrogens with zero attached hydrogens (tertiary/aromatic N) is 2. The van der Waals surface area contributed by atoms with Crippen molar-refractivity contribution in [3.63, 3.8) is 0 Å². The second-order valence-electron chi connectivity index (χ2n) is 6.08. The van der Waals surface area contributed by atoms with Crippen molar-refractivity contribution >= 4 is 0 Å².